The lowest BCUT2D eigenvalue weighted by Gasteiger charge is -2.22. The van der Waals surface area contributed by atoms with E-state index in [1.807, 2.05) is 12.1 Å². The maximum atomic E-state index is 6.41. The highest BCUT2D eigenvalue weighted by molar-refractivity contribution is 9.11. The minimum absolute atomic E-state index is 0.0336. The van der Waals surface area contributed by atoms with Crippen LogP contribution < -0.4 is 5.32 Å². The van der Waals surface area contributed by atoms with Gasteiger partial charge < -0.3 is 5.32 Å². The van der Waals surface area contributed by atoms with Crippen LogP contribution in [-0.2, 0) is 0 Å². The Morgan fingerprint density at radius 2 is 1.76 bits per heavy atom. The second-order valence-electron chi connectivity index (χ2n) is 4.78. The van der Waals surface area contributed by atoms with E-state index >= 15 is 0 Å². The Morgan fingerprint density at radius 1 is 1.05 bits per heavy atom. The number of aryl methyl sites for hydroxylation is 1. The Kier molecular flexibility index (Phi) is 6.33. The lowest BCUT2D eigenvalue weighted by atomic mass is 9.97. The third kappa shape index (κ3) is 4.11. The van der Waals surface area contributed by atoms with Crippen molar-refractivity contribution in [3.63, 3.8) is 0 Å². The first-order chi connectivity index (χ1) is 9.93. The van der Waals surface area contributed by atoms with Crippen molar-refractivity contribution < 1.29 is 0 Å². The van der Waals surface area contributed by atoms with Crippen molar-refractivity contribution in [2.24, 2.45) is 0 Å². The van der Waals surface area contributed by atoms with Gasteiger partial charge in [0, 0.05) is 18.4 Å². The van der Waals surface area contributed by atoms with Gasteiger partial charge in [-0.15, -0.1) is 0 Å². The lowest BCUT2D eigenvalue weighted by molar-refractivity contribution is 0.628. The highest BCUT2D eigenvalue weighted by Crippen LogP contribution is 2.36. The Balaban J connectivity index is 2.58. The molecule has 21 heavy (non-hydrogen) atoms. The molecule has 0 radical (unpaired) electrons. The average Bonchev–Trinajstić information content (AvgIpc) is 2.43. The van der Waals surface area contributed by atoms with Gasteiger partial charge in [-0.1, -0.05) is 66.3 Å². The number of nitrogens with one attached hydrogen (secondary N) is 1. The molecule has 0 spiro atoms. The van der Waals surface area contributed by atoms with Crippen molar-refractivity contribution in [2.75, 3.05) is 6.54 Å². The number of halogens is 4. The topological polar surface area (TPSA) is 12.0 Å². The van der Waals surface area contributed by atoms with Gasteiger partial charge in [-0.2, -0.15) is 0 Å². The fourth-order valence-corrected chi connectivity index (χ4v) is 3.86. The molecule has 5 heteroatoms. The Bertz CT molecular complexity index is 658. The molecule has 0 bridgehead atoms. The summed E-state index contributed by atoms with van der Waals surface area (Å²) in [6.07, 6.45) is 0. The van der Waals surface area contributed by atoms with Gasteiger partial charge in [0.1, 0.15) is 0 Å². The predicted octanol–water partition coefficient (Wildman–Crippen LogP) is 6.63. The molecule has 1 atom stereocenters. The zero-order valence-electron chi connectivity index (χ0n) is 11.7. The zero-order valence-corrected chi connectivity index (χ0v) is 17.2. The molecule has 112 valence electrons. The van der Waals surface area contributed by atoms with Gasteiger partial charge in [0.25, 0.3) is 0 Å². The summed E-state index contributed by atoms with van der Waals surface area (Å²) in [5.74, 6) is 0. The fraction of sp³-hybridized carbons (Fsp3) is 0.250. The van der Waals surface area contributed by atoms with Crippen LogP contribution in [0.4, 0.5) is 0 Å². The molecule has 0 aliphatic heterocycles. The first-order valence-electron chi connectivity index (χ1n) is 6.58. The van der Waals surface area contributed by atoms with E-state index in [9.17, 15) is 0 Å². The molecule has 0 aliphatic rings. The predicted molar refractivity (Wildman–Crippen MR) is 101 cm³/mol. The highest BCUT2D eigenvalue weighted by Gasteiger charge is 2.20. The van der Waals surface area contributed by atoms with E-state index < -0.39 is 0 Å². The maximum absolute atomic E-state index is 6.41. The summed E-state index contributed by atoms with van der Waals surface area (Å²) in [7, 11) is 0. The third-order valence-electron chi connectivity index (χ3n) is 3.27. The largest absolute Gasteiger partial charge is 0.306 e. The molecule has 0 aromatic heterocycles. The van der Waals surface area contributed by atoms with Crippen LogP contribution in [0.15, 0.2) is 43.7 Å². The monoisotopic (exact) mass is 493 g/mol. The van der Waals surface area contributed by atoms with Gasteiger partial charge in [-0.3, -0.25) is 0 Å². The summed E-state index contributed by atoms with van der Waals surface area (Å²) < 4.78 is 3.19. The van der Waals surface area contributed by atoms with Crippen LogP contribution in [-0.4, -0.2) is 6.54 Å². The first-order valence-corrected chi connectivity index (χ1v) is 9.33. The van der Waals surface area contributed by atoms with Gasteiger partial charge in [0.2, 0.25) is 0 Å². The second-order valence-corrected chi connectivity index (χ2v) is 7.81. The molecule has 0 fully saturated rings. The zero-order chi connectivity index (χ0) is 15.6. The van der Waals surface area contributed by atoms with Gasteiger partial charge in [-0.05, 0) is 60.5 Å². The molecule has 0 amide bonds. The van der Waals surface area contributed by atoms with Crippen LogP contribution in [0.2, 0.25) is 5.02 Å². The Labute approximate surface area is 155 Å². The van der Waals surface area contributed by atoms with E-state index in [-0.39, 0.29) is 6.04 Å². The van der Waals surface area contributed by atoms with Crippen molar-refractivity contribution in [2.45, 2.75) is 19.9 Å². The normalized spacial score (nSPS) is 12.5. The van der Waals surface area contributed by atoms with Gasteiger partial charge in [0.05, 0.1) is 6.04 Å². The molecule has 2 aromatic carbocycles. The summed E-state index contributed by atoms with van der Waals surface area (Å²) in [5, 5.41) is 4.27. The number of benzene rings is 2. The summed E-state index contributed by atoms with van der Waals surface area (Å²) >= 11 is 17.2. The van der Waals surface area contributed by atoms with Crippen LogP contribution >= 0.6 is 59.4 Å². The number of rotatable bonds is 4. The SMILES string of the molecule is CCNC(c1cc(Br)ccc1Cl)c1cc(Br)c(C)cc1Br. The van der Waals surface area contributed by atoms with Crippen LogP contribution in [0, 0.1) is 6.92 Å². The first kappa shape index (κ1) is 17.5. The maximum Gasteiger partial charge on any atom is 0.0603 e. The fourth-order valence-electron chi connectivity index (χ4n) is 2.21. The lowest BCUT2D eigenvalue weighted by Crippen LogP contribution is -2.23. The average molecular weight is 496 g/mol. The molecule has 0 heterocycles. The quantitative estimate of drug-likeness (QED) is 0.501. The summed E-state index contributed by atoms with van der Waals surface area (Å²) in [5.41, 5.74) is 3.42. The van der Waals surface area contributed by atoms with Crippen molar-refractivity contribution in [3.05, 3.63) is 65.5 Å². The molecule has 0 saturated heterocycles. The minimum Gasteiger partial charge on any atom is -0.306 e. The third-order valence-corrected chi connectivity index (χ3v) is 5.64. The molecular formula is C16H15Br3ClN. The summed E-state index contributed by atoms with van der Waals surface area (Å²) in [6, 6.07) is 10.2. The van der Waals surface area contributed by atoms with E-state index in [4.69, 9.17) is 11.6 Å². The smallest absolute Gasteiger partial charge is 0.0603 e. The van der Waals surface area contributed by atoms with Gasteiger partial charge in [-0.25, -0.2) is 0 Å². The van der Waals surface area contributed by atoms with Gasteiger partial charge >= 0.3 is 0 Å². The minimum atomic E-state index is 0.0336. The van der Waals surface area contributed by atoms with Crippen molar-refractivity contribution >= 4 is 59.4 Å². The molecule has 1 N–H and O–H groups in total. The standard InChI is InChI=1S/C16H15Br3ClN/c1-3-21-16(12-7-10(17)4-5-15(12)20)11-8-13(18)9(2)6-14(11)19/h4-8,16,21H,3H2,1-2H3. The van der Waals surface area contributed by atoms with Crippen molar-refractivity contribution in [3.8, 4) is 0 Å². The van der Waals surface area contributed by atoms with Crippen LogP contribution in [0.5, 0.6) is 0 Å². The van der Waals surface area contributed by atoms with Gasteiger partial charge in [0.15, 0.2) is 0 Å². The van der Waals surface area contributed by atoms with Crippen LogP contribution in [0.25, 0.3) is 0 Å². The molecular weight excluding hydrogens is 481 g/mol. The highest BCUT2D eigenvalue weighted by atomic mass is 79.9. The second kappa shape index (κ2) is 7.60. The molecule has 0 aliphatic carbocycles. The molecule has 2 aromatic rings. The number of hydrogen-bond acceptors (Lipinski definition) is 1. The van der Waals surface area contributed by atoms with Crippen molar-refractivity contribution in [1.29, 1.82) is 0 Å². The van der Waals surface area contributed by atoms with Crippen LogP contribution in [0.3, 0.4) is 0 Å². The summed E-state index contributed by atoms with van der Waals surface area (Å²) in [6.45, 7) is 5.02. The number of hydrogen-bond donors (Lipinski definition) is 1. The summed E-state index contributed by atoms with van der Waals surface area (Å²) in [4.78, 5) is 0. The molecule has 0 saturated carbocycles. The van der Waals surface area contributed by atoms with E-state index in [1.165, 1.54) is 5.56 Å². The van der Waals surface area contributed by atoms with E-state index in [2.05, 4.69) is 85.2 Å². The van der Waals surface area contributed by atoms with E-state index in [0.717, 1.165) is 36.1 Å². The van der Waals surface area contributed by atoms with Crippen molar-refractivity contribution in [1.82, 2.24) is 5.32 Å². The molecule has 1 unspecified atom stereocenters. The van der Waals surface area contributed by atoms with E-state index in [1.54, 1.807) is 0 Å². The Morgan fingerprint density at radius 3 is 2.43 bits per heavy atom. The Hall–Kier alpha value is 0.130. The van der Waals surface area contributed by atoms with E-state index in [0.29, 0.717) is 0 Å². The molecule has 2 rings (SSSR count). The molecule has 1 nitrogen and oxygen atoms in total. The van der Waals surface area contributed by atoms with Crippen LogP contribution in [0.1, 0.15) is 29.7 Å².